The molecule has 0 bridgehead atoms. The monoisotopic (exact) mass is 358 g/mol. The number of ether oxygens (including phenoxy) is 1. The van der Waals surface area contributed by atoms with Crippen molar-refractivity contribution in [2.24, 2.45) is 0 Å². The minimum absolute atomic E-state index is 0.0171. The number of aryl methyl sites for hydroxylation is 1. The highest BCUT2D eigenvalue weighted by atomic mass is 19.1. The largest absolute Gasteiger partial charge is 0.494 e. The molecule has 5 heteroatoms. The molecule has 2 aromatic rings. The summed E-state index contributed by atoms with van der Waals surface area (Å²) < 4.78 is 18.7. The molecule has 0 saturated heterocycles. The van der Waals surface area contributed by atoms with Crippen LogP contribution >= 0.6 is 0 Å². The molecular weight excluding hydrogens is 331 g/mol. The molecule has 0 radical (unpaired) electrons. The number of benzene rings is 2. The fourth-order valence-electron chi connectivity index (χ4n) is 2.80. The summed E-state index contributed by atoms with van der Waals surface area (Å²) in [4.78, 5) is 16.0. The van der Waals surface area contributed by atoms with Gasteiger partial charge in [-0.05, 0) is 49.7 Å². The van der Waals surface area contributed by atoms with Crippen molar-refractivity contribution in [1.82, 2.24) is 9.80 Å². The van der Waals surface area contributed by atoms with Gasteiger partial charge < -0.3 is 9.64 Å². The number of likely N-dealkylation sites (N-methyl/N-ethyl adjacent to an activating group) is 2. The number of halogens is 1. The first-order valence-corrected chi connectivity index (χ1v) is 8.78. The molecule has 0 spiro atoms. The van der Waals surface area contributed by atoms with Gasteiger partial charge in [0.25, 0.3) is 0 Å². The Hall–Kier alpha value is -2.40. The molecule has 26 heavy (non-hydrogen) atoms. The molecule has 0 fully saturated rings. The first kappa shape index (κ1) is 19.9. The number of hydrogen-bond acceptors (Lipinski definition) is 3. The highest BCUT2D eigenvalue weighted by Gasteiger charge is 2.13. The van der Waals surface area contributed by atoms with Crippen molar-refractivity contribution in [3.05, 3.63) is 65.5 Å². The Labute approximate surface area is 155 Å². The molecule has 0 atom stereocenters. The van der Waals surface area contributed by atoms with Crippen LogP contribution in [0.4, 0.5) is 4.39 Å². The molecule has 1 amide bonds. The summed E-state index contributed by atoms with van der Waals surface area (Å²) >= 11 is 0. The van der Waals surface area contributed by atoms with Crippen LogP contribution in [0.25, 0.3) is 0 Å². The van der Waals surface area contributed by atoms with E-state index in [0.29, 0.717) is 13.1 Å². The van der Waals surface area contributed by atoms with Crippen molar-refractivity contribution in [3.63, 3.8) is 0 Å². The molecule has 0 heterocycles. The molecule has 0 unspecified atom stereocenters. The van der Waals surface area contributed by atoms with Crippen LogP contribution in [0.1, 0.15) is 17.5 Å². The van der Waals surface area contributed by atoms with Crippen LogP contribution < -0.4 is 4.74 Å². The predicted octanol–water partition coefficient (Wildman–Crippen LogP) is 3.36. The van der Waals surface area contributed by atoms with E-state index in [1.54, 1.807) is 24.1 Å². The second-order valence-electron chi connectivity index (χ2n) is 6.55. The lowest BCUT2D eigenvalue weighted by Gasteiger charge is -2.22. The van der Waals surface area contributed by atoms with Crippen molar-refractivity contribution >= 4 is 5.91 Å². The maximum Gasteiger partial charge on any atom is 0.236 e. The Balaban J connectivity index is 1.76. The lowest BCUT2D eigenvalue weighted by atomic mass is 10.1. The number of methoxy groups -OCH3 is 1. The normalized spacial score (nSPS) is 10.8. The maximum absolute atomic E-state index is 13.8. The smallest absolute Gasteiger partial charge is 0.236 e. The van der Waals surface area contributed by atoms with Gasteiger partial charge in [0, 0.05) is 13.6 Å². The van der Waals surface area contributed by atoms with Gasteiger partial charge in [0.05, 0.1) is 13.7 Å². The average molecular weight is 358 g/mol. The summed E-state index contributed by atoms with van der Waals surface area (Å²) in [7, 11) is 5.12. The van der Waals surface area contributed by atoms with Gasteiger partial charge in [0.1, 0.15) is 0 Å². The third-order valence-corrected chi connectivity index (χ3v) is 4.31. The molecular formula is C21H27FN2O2. The highest BCUT2D eigenvalue weighted by Crippen LogP contribution is 2.18. The van der Waals surface area contributed by atoms with Crippen molar-refractivity contribution < 1.29 is 13.9 Å². The number of nitrogens with zero attached hydrogens (tertiary/aromatic N) is 2. The van der Waals surface area contributed by atoms with Crippen LogP contribution in [0.2, 0.25) is 0 Å². The molecule has 0 aliphatic rings. The number of amides is 1. The molecule has 4 nitrogen and oxygen atoms in total. The van der Waals surface area contributed by atoms with E-state index in [2.05, 4.69) is 12.1 Å². The number of carbonyl (C=O) groups is 1. The minimum atomic E-state index is -0.413. The second-order valence-corrected chi connectivity index (χ2v) is 6.55. The Kier molecular flexibility index (Phi) is 7.60. The Morgan fingerprint density at radius 2 is 1.81 bits per heavy atom. The van der Waals surface area contributed by atoms with Crippen LogP contribution in [-0.2, 0) is 17.8 Å². The zero-order chi connectivity index (χ0) is 18.9. The SMILES string of the molecule is COc1ccc(CN(C)C(=O)CN(C)CCCc2ccccc2)cc1F. The Bertz CT molecular complexity index is 706. The van der Waals surface area contributed by atoms with Crippen LogP contribution in [0, 0.1) is 5.82 Å². The van der Waals surface area contributed by atoms with Crippen LogP contribution in [0.15, 0.2) is 48.5 Å². The molecule has 0 aromatic heterocycles. The minimum Gasteiger partial charge on any atom is -0.494 e. The third kappa shape index (κ3) is 6.15. The number of hydrogen-bond donors (Lipinski definition) is 0. The second kappa shape index (κ2) is 9.92. The van der Waals surface area contributed by atoms with E-state index < -0.39 is 5.82 Å². The van der Waals surface area contributed by atoms with Crippen LogP contribution in [0.5, 0.6) is 5.75 Å². The first-order valence-electron chi connectivity index (χ1n) is 8.78. The first-order chi connectivity index (χ1) is 12.5. The van der Waals surface area contributed by atoms with Gasteiger partial charge in [-0.25, -0.2) is 4.39 Å². The summed E-state index contributed by atoms with van der Waals surface area (Å²) in [5.41, 5.74) is 2.05. The lowest BCUT2D eigenvalue weighted by Crippen LogP contribution is -2.36. The zero-order valence-electron chi connectivity index (χ0n) is 15.7. The molecule has 2 aromatic carbocycles. The Morgan fingerprint density at radius 1 is 1.08 bits per heavy atom. The molecule has 140 valence electrons. The molecule has 0 N–H and O–H groups in total. The third-order valence-electron chi connectivity index (χ3n) is 4.31. The van der Waals surface area contributed by atoms with E-state index in [4.69, 9.17) is 4.74 Å². The van der Waals surface area contributed by atoms with Gasteiger partial charge in [-0.3, -0.25) is 9.69 Å². The summed E-state index contributed by atoms with van der Waals surface area (Å²) in [6.07, 6.45) is 2.00. The molecule has 0 saturated carbocycles. The number of rotatable bonds is 9. The van der Waals surface area contributed by atoms with Gasteiger partial charge in [0.2, 0.25) is 5.91 Å². The van der Waals surface area contributed by atoms with Crippen LogP contribution in [-0.4, -0.2) is 50.0 Å². The van der Waals surface area contributed by atoms with Gasteiger partial charge in [-0.15, -0.1) is 0 Å². The highest BCUT2D eigenvalue weighted by molar-refractivity contribution is 5.77. The van der Waals surface area contributed by atoms with E-state index in [0.717, 1.165) is 24.9 Å². The average Bonchev–Trinajstić information content (AvgIpc) is 2.62. The molecule has 0 aliphatic carbocycles. The van der Waals surface area contributed by atoms with E-state index in [1.165, 1.54) is 18.7 Å². The topological polar surface area (TPSA) is 32.8 Å². The Morgan fingerprint density at radius 3 is 2.46 bits per heavy atom. The summed E-state index contributed by atoms with van der Waals surface area (Å²) in [6, 6.07) is 15.1. The summed E-state index contributed by atoms with van der Waals surface area (Å²) in [5.74, 6) is -0.187. The fourth-order valence-corrected chi connectivity index (χ4v) is 2.80. The lowest BCUT2D eigenvalue weighted by molar-refractivity contribution is -0.131. The van der Waals surface area contributed by atoms with Crippen molar-refractivity contribution in [1.29, 1.82) is 0 Å². The van der Waals surface area contributed by atoms with Crippen LogP contribution in [0.3, 0.4) is 0 Å². The van der Waals surface area contributed by atoms with E-state index >= 15 is 0 Å². The summed E-state index contributed by atoms with van der Waals surface area (Å²) in [5, 5.41) is 0. The van der Waals surface area contributed by atoms with Crippen molar-refractivity contribution in [3.8, 4) is 5.75 Å². The van der Waals surface area contributed by atoms with Gasteiger partial charge >= 0.3 is 0 Å². The van der Waals surface area contributed by atoms with Gasteiger partial charge in [0.15, 0.2) is 11.6 Å². The van der Waals surface area contributed by atoms with Gasteiger partial charge in [-0.2, -0.15) is 0 Å². The van der Waals surface area contributed by atoms with E-state index in [1.807, 2.05) is 30.1 Å². The zero-order valence-corrected chi connectivity index (χ0v) is 15.7. The van der Waals surface area contributed by atoms with Crippen molar-refractivity contribution in [2.45, 2.75) is 19.4 Å². The van der Waals surface area contributed by atoms with Crippen molar-refractivity contribution in [2.75, 3.05) is 34.3 Å². The predicted molar refractivity (Wildman–Crippen MR) is 102 cm³/mol. The maximum atomic E-state index is 13.8. The quantitative estimate of drug-likeness (QED) is 0.689. The molecule has 2 rings (SSSR count). The van der Waals surface area contributed by atoms with E-state index in [-0.39, 0.29) is 11.7 Å². The molecule has 0 aliphatic heterocycles. The standard InChI is InChI=1S/C21H27FN2O2/c1-23(13-7-10-17-8-5-4-6-9-17)16-21(25)24(2)15-18-11-12-20(26-3)19(22)14-18/h4-6,8-9,11-12,14H,7,10,13,15-16H2,1-3H3. The number of carbonyl (C=O) groups excluding carboxylic acids is 1. The fraction of sp³-hybridized carbons (Fsp3) is 0.381. The van der Waals surface area contributed by atoms with Gasteiger partial charge in [-0.1, -0.05) is 36.4 Å². The van der Waals surface area contributed by atoms with E-state index in [9.17, 15) is 9.18 Å². The summed E-state index contributed by atoms with van der Waals surface area (Å²) in [6.45, 7) is 1.58.